The minimum absolute atomic E-state index is 0.0484. The van der Waals surface area contributed by atoms with Gasteiger partial charge in [0.2, 0.25) is 11.8 Å². The second-order valence-electron chi connectivity index (χ2n) is 6.09. The highest BCUT2D eigenvalue weighted by atomic mass is 16.2. The third kappa shape index (κ3) is 4.02. The first-order chi connectivity index (χ1) is 11.7. The Morgan fingerprint density at radius 1 is 1.00 bits per heavy atom. The van der Waals surface area contributed by atoms with E-state index in [1.54, 1.807) is 4.90 Å². The van der Waals surface area contributed by atoms with Gasteiger partial charge in [0.05, 0.1) is 0 Å². The van der Waals surface area contributed by atoms with Crippen molar-refractivity contribution in [2.45, 2.75) is 31.8 Å². The molecular weight excluding hydrogens is 300 g/mol. The van der Waals surface area contributed by atoms with Crippen LogP contribution in [-0.2, 0) is 22.6 Å². The van der Waals surface area contributed by atoms with E-state index < -0.39 is 0 Å². The number of carbonyl (C=O) groups is 2. The van der Waals surface area contributed by atoms with Crippen LogP contribution in [0.25, 0.3) is 0 Å². The average molecular weight is 322 g/mol. The first-order valence-electron chi connectivity index (χ1n) is 8.39. The third-order valence-corrected chi connectivity index (χ3v) is 4.38. The lowest BCUT2D eigenvalue weighted by atomic mass is 10.1. The Labute approximate surface area is 142 Å². The van der Waals surface area contributed by atoms with Crippen molar-refractivity contribution in [3.8, 4) is 0 Å². The summed E-state index contributed by atoms with van der Waals surface area (Å²) >= 11 is 0. The highest BCUT2D eigenvalue weighted by Crippen LogP contribution is 2.21. The minimum atomic E-state index is -0.353. The Balaban J connectivity index is 1.55. The number of likely N-dealkylation sites (tertiary alicyclic amines) is 1. The number of nitrogens with one attached hydrogen (secondary N) is 1. The number of hydrogen-bond donors (Lipinski definition) is 1. The van der Waals surface area contributed by atoms with Crippen LogP contribution in [0, 0.1) is 0 Å². The van der Waals surface area contributed by atoms with E-state index in [0.717, 1.165) is 12.0 Å². The summed E-state index contributed by atoms with van der Waals surface area (Å²) in [4.78, 5) is 26.3. The fraction of sp³-hybridized carbons (Fsp3) is 0.300. The summed E-state index contributed by atoms with van der Waals surface area (Å²) in [5.74, 6) is 0.00905. The molecule has 0 saturated carbocycles. The van der Waals surface area contributed by atoms with Gasteiger partial charge < -0.3 is 10.2 Å². The fourth-order valence-corrected chi connectivity index (χ4v) is 3.08. The largest absolute Gasteiger partial charge is 0.354 e. The van der Waals surface area contributed by atoms with Crippen LogP contribution in [0.4, 0.5) is 0 Å². The smallest absolute Gasteiger partial charge is 0.242 e. The molecule has 1 heterocycles. The number of amides is 2. The van der Waals surface area contributed by atoms with Crippen molar-refractivity contribution in [3.63, 3.8) is 0 Å². The molecule has 124 valence electrons. The van der Waals surface area contributed by atoms with Crippen LogP contribution in [0.1, 0.15) is 24.0 Å². The molecule has 2 amide bonds. The molecule has 1 aliphatic heterocycles. The van der Waals surface area contributed by atoms with Crippen molar-refractivity contribution in [1.29, 1.82) is 0 Å². The summed E-state index contributed by atoms with van der Waals surface area (Å²) in [5, 5.41) is 2.98. The van der Waals surface area contributed by atoms with Crippen molar-refractivity contribution in [2.24, 2.45) is 0 Å². The van der Waals surface area contributed by atoms with Crippen molar-refractivity contribution in [1.82, 2.24) is 10.2 Å². The van der Waals surface area contributed by atoms with Crippen LogP contribution < -0.4 is 5.32 Å². The highest BCUT2D eigenvalue weighted by molar-refractivity contribution is 5.90. The number of hydrogen-bond acceptors (Lipinski definition) is 2. The van der Waals surface area contributed by atoms with Gasteiger partial charge in [-0.2, -0.15) is 0 Å². The molecule has 4 heteroatoms. The molecule has 0 aromatic heterocycles. The molecule has 24 heavy (non-hydrogen) atoms. The first-order valence-corrected chi connectivity index (χ1v) is 8.39. The lowest BCUT2D eigenvalue weighted by molar-refractivity contribution is -0.135. The molecule has 0 spiro atoms. The van der Waals surface area contributed by atoms with E-state index in [2.05, 4.69) is 5.32 Å². The van der Waals surface area contributed by atoms with Gasteiger partial charge in [0, 0.05) is 19.5 Å². The summed E-state index contributed by atoms with van der Waals surface area (Å²) in [5.41, 5.74) is 2.25. The minimum Gasteiger partial charge on any atom is -0.354 e. The van der Waals surface area contributed by atoms with Gasteiger partial charge in [0.1, 0.15) is 6.04 Å². The molecule has 0 radical (unpaired) electrons. The monoisotopic (exact) mass is 322 g/mol. The van der Waals surface area contributed by atoms with E-state index in [1.165, 1.54) is 5.56 Å². The van der Waals surface area contributed by atoms with Gasteiger partial charge in [0.15, 0.2) is 0 Å². The number of nitrogens with zero attached hydrogens (tertiary/aromatic N) is 1. The zero-order valence-corrected chi connectivity index (χ0v) is 13.7. The van der Waals surface area contributed by atoms with Crippen LogP contribution in [0.5, 0.6) is 0 Å². The summed E-state index contributed by atoms with van der Waals surface area (Å²) < 4.78 is 0. The van der Waals surface area contributed by atoms with Crippen LogP contribution in [0.2, 0.25) is 0 Å². The fourth-order valence-electron chi connectivity index (χ4n) is 3.08. The SMILES string of the molecule is O=C(NCCc1ccccc1)[C@@H]1CCC(=O)N1Cc1ccccc1. The van der Waals surface area contributed by atoms with Gasteiger partial charge in [-0.1, -0.05) is 60.7 Å². The van der Waals surface area contributed by atoms with Gasteiger partial charge >= 0.3 is 0 Å². The van der Waals surface area contributed by atoms with E-state index in [1.807, 2.05) is 60.7 Å². The predicted molar refractivity (Wildman–Crippen MR) is 93.2 cm³/mol. The second kappa shape index (κ2) is 7.77. The molecule has 2 aromatic rings. The molecule has 0 aliphatic carbocycles. The molecule has 1 fully saturated rings. The number of rotatable bonds is 6. The van der Waals surface area contributed by atoms with Crippen molar-refractivity contribution < 1.29 is 9.59 Å². The van der Waals surface area contributed by atoms with Gasteiger partial charge in [-0.3, -0.25) is 9.59 Å². The molecule has 1 aliphatic rings. The van der Waals surface area contributed by atoms with Crippen molar-refractivity contribution in [2.75, 3.05) is 6.54 Å². The van der Waals surface area contributed by atoms with E-state index in [9.17, 15) is 9.59 Å². The molecule has 0 unspecified atom stereocenters. The maximum Gasteiger partial charge on any atom is 0.242 e. The maximum atomic E-state index is 12.5. The number of benzene rings is 2. The molecule has 4 nitrogen and oxygen atoms in total. The van der Waals surface area contributed by atoms with E-state index in [-0.39, 0.29) is 17.9 Å². The molecule has 2 aromatic carbocycles. The predicted octanol–water partition coefficient (Wildman–Crippen LogP) is 2.54. The van der Waals surface area contributed by atoms with E-state index >= 15 is 0 Å². The standard InChI is InChI=1S/C20H22N2O2/c23-19-12-11-18(22(19)15-17-9-5-2-6-10-17)20(24)21-14-13-16-7-3-1-4-8-16/h1-10,18H,11-15H2,(H,21,24)/t18-/m0/s1. The van der Waals surface area contributed by atoms with E-state index in [0.29, 0.717) is 25.9 Å². The lowest BCUT2D eigenvalue weighted by Gasteiger charge is -2.24. The van der Waals surface area contributed by atoms with Gasteiger partial charge in [-0.05, 0) is 24.0 Å². The average Bonchev–Trinajstić information content (AvgIpc) is 2.97. The van der Waals surface area contributed by atoms with Crippen LogP contribution >= 0.6 is 0 Å². The van der Waals surface area contributed by atoms with Gasteiger partial charge in [-0.15, -0.1) is 0 Å². The molecule has 1 atom stereocenters. The Hall–Kier alpha value is -2.62. The summed E-state index contributed by atoms with van der Waals surface area (Å²) in [7, 11) is 0. The topological polar surface area (TPSA) is 49.4 Å². The first kappa shape index (κ1) is 16.2. The van der Waals surface area contributed by atoms with Crippen LogP contribution in [0.15, 0.2) is 60.7 Å². The second-order valence-corrected chi connectivity index (χ2v) is 6.09. The van der Waals surface area contributed by atoms with Crippen LogP contribution in [-0.4, -0.2) is 29.3 Å². The Morgan fingerprint density at radius 3 is 2.29 bits per heavy atom. The molecule has 1 N–H and O–H groups in total. The zero-order chi connectivity index (χ0) is 16.8. The maximum absolute atomic E-state index is 12.5. The molecule has 0 bridgehead atoms. The Kier molecular flexibility index (Phi) is 5.26. The normalized spacial score (nSPS) is 17.1. The zero-order valence-electron chi connectivity index (χ0n) is 13.7. The lowest BCUT2D eigenvalue weighted by Crippen LogP contribution is -2.44. The number of carbonyl (C=O) groups excluding carboxylic acids is 2. The summed E-state index contributed by atoms with van der Waals surface area (Å²) in [6.07, 6.45) is 1.85. The molecule has 1 saturated heterocycles. The Morgan fingerprint density at radius 2 is 1.62 bits per heavy atom. The summed E-state index contributed by atoms with van der Waals surface area (Å²) in [6, 6.07) is 19.5. The molecular formula is C20H22N2O2. The molecule has 3 rings (SSSR count). The van der Waals surface area contributed by atoms with E-state index in [4.69, 9.17) is 0 Å². The van der Waals surface area contributed by atoms with Crippen molar-refractivity contribution in [3.05, 3.63) is 71.8 Å². The Bertz CT molecular complexity index is 685. The van der Waals surface area contributed by atoms with Crippen LogP contribution in [0.3, 0.4) is 0 Å². The van der Waals surface area contributed by atoms with Crippen molar-refractivity contribution >= 4 is 11.8 Å². The highest BCUT2D eigenvalue weighted by Gasteiger charge is 2.35. The summed E-state index contributed by atoms with van der Waals surface area (Å²) in [6.45, 7) is 1.09. The quantitative estimate of drug-likeness (QED) is 0.888. The van der Waals surface area contributed by atoms with Gasteiger partial charge in [-0.25, -0.2) is 0 Å². The third-order valence-electron chi connectivity index (χ3n) is 4.38. The van der Waals surface area contributed by atoms with Gasteiger partial charge in [0.25, 0.3) is 0 Å².